The van der Waals surface area contributed by atoms with Gasteiger partial charge in [0.1, 0.15) is 5.82 Å². The molecule has 1 aromatic carbocycles. The van der Waals surface area contributed by atoms with Gasteiger partial charge in [-0.2, -0.15) is 0 Å². The minimum Gasteiger partial charge on any atom is -0.354 e. The summed E-state index contributed by atoms with van der Waals surface area (Å²) < 4.78 is 13.7. The Morgan fingerprint density at radius 3 is 2.68 bits per heavy atom. The summed E-state index contributed by atoms with van der Waals surface area (Å²) in [6.45, 7) is 3.49. The molecule has 0 spiro atoms. The van der Waals surface area contributed by atoms with Crippen molar-refractivity contribution in [2.75, 3.05) is 26.7 Å². The lowest BCUT2D eigenvalue weighted by molar-refractivity contribution is 0.249. The molecule has 2 N–H and O–H groups in total. The molecule has 1 aromatic heterocycles. The van der Waals surface area contributed by atoms with E-state index in [9.17, 15) is 4.39 Å². The molecule has 4 nitrogen and oxygen atoms in total. The first-order chi connectivity index (χ1) is 12.3. The van der Waals surface area contributed by atoms with Gasteiger partial charge in [-0.3, -0.25) is 9.89 Å². The van der Waals surface area contributed by atoms with Crippen LogP contribution in [0, 0.1) is 5.82 Å². The van der Waals surface area contributed by atoms with Gasteiger partial charge >= 0.3 is 0 Å². The first kappa shape index (κ1) is 17.9. The molecule has 2 heterocycles. The van der Waals surface area contributed by atoms with Gasteiger partial charge in [0.25, 0.3) is 0 Å². The van der Waals surface area contributed by atoms with Crippen molar-refractivity contribution in [3.05, 3.63) is 58.0 Å². The molecular formula is C19H25FN4S. The molecule has 0 saturated carbocycles. The number of guanidine groups is 1. The monoisotopic (exact) mass is 360 g/mol. The largest absolute Gasteiger partial charge is 0.354 e. The molecule has 1 atom stereocenters. The van der Waals surface area contributed by atoms with Gasteiger partial charge in [0.15, 0.2) is 5.96 Å². The SMILES string of the molecule is CN=C(NCc1ccccc1F)NCC(c1cccs1)N1CCCC1. The second-order valence-electron chi connectivity index (χ2n) is 6.17. The van der Waals surface area contributed by atoms with Crippen molar-refractivity contribution in [2.45, 2.75) is 25.4 Å². The maximum Gasteiger partial charge on any atom is 0.191 e. The summed E-state index contributed by atoms with van der Waals surface area (Å²) in [4.78, 5) is 8.17. The third-order valence-electron chi connectivity index (χ3n) is 4.54. The molecule has 134 valence electrons. The summed E-state index contributed by atoms with van der Waals surface area (Å²) >= 11 is 1.80. The molecule has 1 aliphatic heterocycles. The second-order valence-corrected chi connectivity index (χ2v) is 7.15. The zero-order valence-corrected chi connectivity index (χ0v) is 15.4. The Balaban J connectivity index is 1.58. The molecule has 0 amide bonds. The number of nitrogens with one attached hydrogen (secondary N) is 2. The molecule has 3 rings (SSSR count). The van der Waals surface area contributed by atoms with Crippen LogP contribution in [0.25, 0.3) is 0 Å². The van der Waals surface area contributed by atoms with Crippen LogP contribution < -0.4 is 10.6 Å². The fraction of sp³-hybridized carbons (Fsp3) is 0.421. The minimum absolute atomic E-state index is 0.195. The highest BCUT2D eigenvalue weighted by Crippen LogP contribution is 2.27. The lowest BCUT2D eigenvalue weighted by Crippen LogP contribution is -2.42. The molecular weight excluding hydrogens is 335 g/mol. The van der Waals surface area contributed by atoms with E-state index in [0.29, 0.717) is 24.1 Å². The maximum absolute atomic E-state index is 13.7. The van der Waals surface area contributed by atoms with Crippen LogP contribution in [0.3, 0.4) is 0 Å². The Bertz CT molecular complexity index is 680. The van der Waals surface area contributed by atoms with E-state index < -0.39 is 0 Å². The number of thiophene rings is 1. The number of rotatable bonds is 6. The van der Waals surface area contributed by atoms with Crippen molar-refractivity contribution in [1.29, 1.82) is 0 Å². The number of benzene rings is 1. The molecule has 0 radical (unpaired) electrons. The first-order valence-corrected chi connectivity index (χ1v) is 9.61. The van der Waals surface area contributed by atoms with Crippen LogP contribution in [0.2, 0.25) is 0 Å². The minimum atomic E-state index is -0.195. The van der Waals surface area contributed by atoms with E-state index in [0.717, 1.165) is 19.6 Å². The van der Waals surface area contributed by atoms with Crippen molar-refractivity contribution in [2.24, 2.45) is 4.99 Å². The van der Waals surface area contributed by atoms with E-state index in [2.05, 4.69) is 38.0 Å². The van der Waals surface area contributed by atoms with Crippen LogP contribution in [0.5, 0.6) is 0 Å². The first-order valence-electron chi connectivity index (χ1n) is 8.73. The molecule has 1 aliphatic rings. The van der Waals surface area contributed by atoms with Crippen LogP contribution in [-0.2, 0) is 6.54 Å². The summed E-state index contributed by atoms with van der Waals surface area (Å²) in [5, 5.41) is 8.74. The molecule has 6 heteroatoms. The number of aliphatic imine (C=N–C) groups is 1. The van der Waals surface area contributed by atoms with E-state index in [1.165, 1.54) is 23.8 Å². The van der Waals surface area contributed by atoms with Gasteiger partial charge < -0.3 is 10.6 Å². The number of halogens is 1. The Hall–Kier alpha value is -1.92. The van der Waals surface area contributed by atoms with Crippen molar-refractivity contribution in [3.8, 4) is 0 Å². The van der Waals surface area contributed by atoms with E-state index in [-0.39, 0.29) is 5.82 Å². The number of likely N-dealkylation sites (tertiary alicyclic amines) is 1. The molecule has 1 saturated heterocycles. The normalized spacial score (nSPS) is 16.8. The van der Waals surface area contributed by atoms with Gasteiger partial charge in [-0.25, -0.2) is 4.39 Å². The third-order valence-corrected chi connectivity index (χ3v) is 5.52. The summed E-state index contributed by atoms with van der Waals surface area (Å²) in [5.74, 6) is 0.503. The van der Waals surface area contributed by atoms with Crippen molar-refractivity contribution in [3.63, 3.8) is 0 Å². The summed E-state index contributed by atoms with van der Waals surface area (Å²) in [6.07, 6.45) is 2.53. The number of nitrogens with zero attached hydrogens (tertiary/aromatic N) is 2. The second kappa shape index (κ2) is 8.97. The molecule has 2 aromatic rings. The quantitative estimate of drug-likeness (QED) is 0.613. The predicted octanol–water partition coefficient (Wildman–Crippen LogP) is 3.39. The average Bonchev–Trinajstić information content (AvgIpc) is 3.33. The third kappa shape index (κ3) is 4.80. The maximum atomic E-state index is 13.7. The highest BCUT2D eigenvalue weighted by atomic mass is 32.1. The van der Waals surface area contributed by atoms with E-state index in [4.69, 9.17) is 0 Å². The molecule has 25 heavy (non-hydrogen) atoms. The molecule has 1 unspecified atom stereocenters. The van der Waals surface area contributed by atoms with Crippen molar-refractivity contribution < 1.29 is 4.39 Å². The predicted molar refractivity (Wildman–Crippen MR) is 102 cm³/mol. The summed E-state index contributed by atoms with van der Waals surface area (Å²) in [7, 11) is 1.74. The van der Waals surface area contributed by atoms with Crippen LogP contribution in [0.15, 0.2) is 46.8 Å². The summed E-state index contributed by atoms with van der Waals surface area (Å²) in [5.41, 5.74) is 0.639. The topological polar surface area (TPSA) is 39.7 Å². The molecule has 0 bridgehead atoms. The van der Waals surface area contributed by atoms with Crippen LogP contribution in [-0.4, -0.2) is 37.5 Å². The Kier molecular flexibility index (Phi) is 6.42. The zero-order chi connectivity index (χ0) is 17.5. The fourth-order valence-electron chi connectivity index (χ4n) is 3.18. The van der Waals surface area contributed by atoms with E-state index >= 15 is 0 Å². The van der Waals surface area contributed by atoms with Crippen LogP contribution in [0.1, 0.15) is 29.3 Å². The fourth-order valence-corrected chi connectivity index (χ4v) is 4.04. The Morgan fingerprint density at radius 2 is 2.00 bits per heavy atom. The average molecular weight is 361 g/mol. The van der Waals surface area contributed by atoms with Gasteiger partial charge in [0.05, 0.1) is 6.04 Å². The van der Waals surface area contributed by atoms with Crippen molar-refractivity contribution >= 4 is 17.3 Å². The lowest BCUT2D eigenvalue weighted by atomic mass is 10.2. The van der Waals surface area contributed by atoms with Gasteiger partial charge in [0.2, 0.25) is 0 Å². The van der Waals surface area contributed by atoms with Gasteiger partial charge in [0, 0.05) is 30.6 Å². The smallest absolute Gasteiger partial charge is 0.191 e. The van der Waals surface area contributed by atoms with Gasteiger partial charge in [-0.05, 0) is 43.4 Å². The van der Waals surface area contributed by atoms with Crippen LogP contribution >= 0.6 is 11.3 Å². The number of hydrogen-bond acceptors (Lipinski definition) is 3. The van der Waals surface area contributed by atoms with Gasteiger partial charge in [-0.1, -0.05) is 24.3 Å². The Labute approximate surface area is 152 Å². The molecule has 0 aliphatic carbocycles. The molecule has 1 fully saturated rings. The standard InChI is InChI=1S/C19H25FN4S/c1-21-19(22-13-15-7-2-3-8-16(15)20)23-14-17(18-9-6-12-25-18)24-10-4-5-11-24/h2-3,6-9,12,17H,4-5,10-11,13-14H2,1H3,(H2,21,22,23). The van der Waals surface area contributed by atoms with Gasteiger partial charge in [-0.15, -0.1) is 11.3 Å². The van der Waals surface area contributed by atoms with Crippen LogP contribution in [0.4, 0.5) is 4.39 Å². The highest BCUT2D eigenvalue weighted by molar-refractivity contribution is 7.10. The Morgan fingerprint density at radius 1 is 1.20 bits per heavy atom. The lowest BCUT2D eigenvalue weighted by Gasteiger charge is -2.27. The summed E-state index contributed by atoms with van der Waals surface area (Å²) in [6, 6.07) is 11.5. The highest BCUT2D eigenvalue weighted by Gasteiger charge is 2.24. The van der Waals surface area contributed by atoms with Crippen molar-refractivity contribution in [1.82, 2.24) is 15.5 Å². The zero-order valence-electron chi connectivity index (χ0n) is 14.5. The number of hydrogen-bond donors (Lipinski definition) is 2. The van der Waals surface area contributed by atoms with E-state index in [1.807, 2.05) is 6.07 Å². The van der Waals surface area contributed by atoms with E-state index in [1.54, 1.807) is 30.5 Å².